The Morgan fingerprint density at radius 1 is 1.53 bits per heavy atom. The van der Waals surface area contributed by atoms with Gasteiger partial charge in [-0.15, -0.1) is 0 Å². The number of nitrogens with zero attached hydrogens (tertiary/aromatic N) is 3. The lowest BCUT2D eigenvalue weighted by Crippen LogP contribution is -2.44. The van der Waals surface area contributed by atoms with Crippen LogP contribution in [0.25, 0.3) is 0 Å². The highest BCUT2D eigenvalue weighted by Gasteiger charge is 2.30. The SMILES string of the molecule is COC(=O)C1CCCCN1Cc1nonc1C. The Balaban J connectivity index is 2.06. The van der Waals surface area contributed by atoms with Crippen molar-refractivity contribution in [3.05, 3.63) is 11.4 Å². The van der Waals surface area contributed by atoms with E-state index in [1.807, 2.05) is 6.92 Å². The quantitative estimate of drug-likeness (QED) is 0.730. The van der Waals surface area contributed by atoms with E-state index in [0.717, 1.165) is 37.2 Å². The van der Waals surface area contributed by atoms with Gasteiger partial charge in [-0.05, 0) is 26.3 Å². The van der Waals surface area contributed by atoms with E-state index in [0.29, 0.717) is 6.54 Å². The number of hydrogen-bond acceptors (Lipinski definition) is 6. The van der Waals surface area contributed by atoms with Crippen molar-refractivity contribution in [2.24, 2.45) is 0 Å². The summed E-state index contributed by atoms with van der Waals surface area (Å²) in [4.78, 5) is 13.8. The lowest BCUT2D eigenvalue weighted by Gasteiger charge is -2.32. The maximum Gasteiger partial charge on any atom is 0.323 e. The number of esters is 1. The maximum absolute atomic E-state index is 11.7. The number of carbonyl (C=O) groups excluding carboxylic acids is 1. The van der Waals surface area contributed by atoms with E-state index < -0.39 is 0 Å². The van der Waals surface area contributed by atoms with Crippen molar-refractivity contribution in [3.8, 4) is 0 Å². The van der Waals surface area contributed by atoms with Crippen LogP contribution in [-0.2, 0) is 16.1 Å². The molecular weight excluding hydrogens is 222 g/mol. The maximum atomic E-state index is 11.7. The van der Waals surface area contributed by atoms with E-state index in [1.54, 1.807) is 0 Å². The van der Waals surface area contributed by atoms with E-state index in [1.165, 1.54) is 7.11 Å². The first-order valence-corrected chi connectivity index (χ1v) is 5.82. The summed E-state index contributed by atoms with van der Waals surface area (Å²) in [7, 11) is 1.43. The van der Waals surface area contributed by atoms with E-state index in [4.69, 9.17) is 4.74 Å². The van der Waals surface area contributed by atoms with E-state index in [-0.39, 0.29) is 12.0 Å². The Bertz CT molecular complexity index is 391. The van der Waals surface area contributed by atoms with Crippen LogP contribution in [0.2, 0.25) is 0 Å². The number of carbonyl (C=O) groups is 1. The lowest BCUT2D eigenvalue weighted by atomic mass is 10.0. The number of piperidine rings is 1. The number of rotatable bonds is 3. The first-order valence-electron chi connectivity index (χ1n) is 5.82. The molecule has 0 bridgehead atoms. The predicted molar refractivity (Wildman–Crippen MR) is 59.1 cm³/mol. The highest BCUT2D eigenvalue weighted by Crippen LogP contribution is 2.20. The molecule has 1 unspecified atom stereocenters. The number of aryl methyl sites for hydroxylation is 1. The van der Waals surface area contributed by atoms with Gasteiger partial charge in [-0.25, -0.2) is 4.63 Å². The summed E-state index contributed by atoms with van der Waals surface area (Å²) >= 11 is 0. The van der Waals surface area contributed by atoms with E-state index >= 15 is 0 Å². The highest BCUT2D eigenvalue weighted by atomic mass is 16.6. The Morgan fingerprint density at radius 2 is 2.35 bits per heavy atom. The van der Waals surface area contributed by atoms with Gasteiger partial charge in [0.05, 0.1) is 7.11 Å². The molecule has 2 heterocycles. The van der Waals surface area contributed by atoms with Gasteiger partial charge in [0.15, 0.2) is 0 Å². The fourth-order valence-corrected chi connectivity index (χ4v) is 2.17. The van der Waals surface area contributed by atoms with Crippen molar-refractivity contribution in [1.29, 1.82) is 0 Å². The number of likely N-dealkylation sites (tertiary alicyclic amines) is 1. The molecule has 2 rings (SSSR count). The number of aromatic nitrogens is 2. The van der Waals surface area contributed by atoms with Crippen molar-refractivity contribution in [3.63, 3.8) is 0 Å². The van der Waals surface area contributed by atoms with E-state index in [9.17, 15) is 4.79 Å². The molecule has 6 nitrogen and oxygen atoms in total. The molecule has 1 aromatic rings. The molecular formula is C11H17N3O3. The third-order valence-corrected chi connectivity index (χ3v) is 3.19. The monoisotopic (exact) mass is 239 g/mol. The zero-order valence-electron chi connectivity index (χ0n) is 10.2. The molecule has 94 valence electrons. The molecule has 0 saturated carbocycles. The highest BCUT2D eigenvalue weighted by molar-refractivity contribution is 5.75. The third-order valence-electron chi connectivity index (χ3n) is 3.19. The van der Waals surface area contributed by atoms with Crippen LogP contribution >= 0.6 is 0 Å². The van der Waals surface area contributed by atoms with Crippen LogP contribution in [0.1, 0.15) is 30.7 Å². The average molecular weight is 239 g/mol. The zero-order valence-corrected chi connectivity index (χ0v) is 10.2. The summed E-state index contributed by atoms with van der Waals surface area (Å²) in [6, 6.07) is -0.162. The third kappa shape index (κ3) is 2.63. The van der Waals surface area contributed by atoms with Crippen molar-refractivity contribution in [1.82, 2.24) is 15.2 Å². The minimum absolute atomic E-state index is 0.162. The molecule has 17 heavy (non-hydrogen) atoms. The summed E-state index contributed by atoms with van der Waals surface area (Å²) in [5.74, 6) is -0.168. The molecule has 0 radical (unpaired) electrons. The van der Waals surface area contributed by atoms with Crippen molar-refractivity contribution >= 4 is 5.97 Å². The second kappa shape index (κ2) is 5.27. The second-order valence-corrected chi connectivity index (χ2v) is 4.30. The first kappa shape index (κ1) is 12.0. The topological polar surface area (TPSA) is 68.5 Å². The lowest BCUT2D eigenvalue weighted by molar-refractivity contribution is -0.148. The van der Waals surface area contributed by atoms with Crippen LogP contribution < -0.4 is 0 Å². The van der Waals surface area contributed by atoms with Crippen LogP contribution in [0, 0.1) is 6.92 Å². The fraction of sp³-hybridized carbons (Fsp3) is 0.727. The molecule has 0 aromatic carbocycles. The van der Waals surface area contributed by atoms with Gasteiger partial charge in [-0.3, -0.25) is 9.69 Å². The van der Waals surface area contributed by atoms with Gasteiger partial charge in [0.2, 0.25) is 0 Å². The number of methoxy groups -OCH3 is 1. The zero-order chi connectivity index (χ0) is 12.3. The second-order valence-electron chi connectivity index (χ2n) is 4.30. The Morgan fingerprint density at radius 3 is 3.00 bits per heavy atom. The van der Waals surface area contributed by atoms with Crippen molar-refractivity contribution in [2.45, 2.75) is 38.8 Å². The van der Waals surface area contributed by atoms with Gasteiger partial charge < -0.3 is 4.74 Å². The summed E-state index contributed by atoms with van der Waals surface area (Å²) in [5, 5.41) is 7.59. The summed E-state index contributed by atoms with van der Waals surface area (Å²) in [6.45, 7) is 3.32. The molecule has 1 saturated heterocycles. The first-order chi connectivity index (χ1) is 8.22. The predicted octanol–water partition coefficient (Wildman–Crippen LogP) is 0.906. The molecule has 0 amide bonds. The summed E-state index contributed by atoms with van der Waals surface area (Å²) in [5.41, 5.74) is 1.57. The van der Waals surface area contributed by atoms with E-state index in [2.05, 4.69) is 19.8 Å². The van der Waals surface area contributed by atoms with Crippen LogP contribution in [0.4, 0.5) is 0 Å². The molecule has 1 aliphatic rings. The number of hydrogen-bond donors (Lipinski definition) is 0. The minimum atomic E-state index is -0.168. The summed E-state index contributed by atoms with van der Waals surface area (Å²) < 4.78 is 9.50. The fourth-order valence-electron chi connectivity index (χ4n) is 2.17. The largest absolute Gasteiger partial charge is 0.468 e. The molecule has 6 heteroatoms. The summed E-state index contributed by atoms with van der Waals surface area (Å²) in [6.07, 6.45) is 3.00. The van der Waals surface area contributed by atoms with Crippen LogP contribution in [0.15, 0.2) is 4.63 Å². The van der Waals surface area contributed by atoms with Gasteiger partial charge in [-0.1, -0.05) is 16.7 Å². The Kier molecular flexibility index (Phi) is 3.73. The van der Waals surface area contributed by atoms with Gasteiger partial charge in [0.1, 0.15) is 17.4 Å². The normalized spacial score (nSPS) is 21.4. The van der Waals surface area contributed by atoms with Crippen molar-refractivity contribution in [2.75, 3.05) is 13.7 Å². The smallest absolute Gasteiger partial charge is 0.323 e. The molecule has 1 atom stereocenters. The Labute approximate surface area is 99.9 Å². The van der Waals surface area contributed by atoms with Crippen LogP contribution in [0.5, 0.6) is 0 Å². The van der Waals surface area contributed by atoms with Crippen LogP contribution in [-0.4, -0.2) is 40.9 Å². The van der Waals surface area contributed by atoms with Gasteiger partial charge in [0.25, 0.3) is 0 Å². The standard InChI is InChI=1S/C11H17N3O3/c1-8-9(13-17-12-8)7-14-6-4-3-5-10(14)11(15)16-2/h10H,3-7H2,1-2H3. The average Bonchev–Trinajstić information content (AvgIpc) is 2.75. The Hall–Kier alpha value is -1.43. The van der Waals surface area contributed by atoms with Crippen molar-refractivity contribution < 1.29 is 14.2 Å². The van der Waals surface area contributed by atoms with Gasteiger partial charge in [-0.2, -0.15) is 0 Å². The van der Waals surface area contributed by atoms with Gasteiger partial charge in [0, 0.05) is 6.54 Å². The minimum Gasteiger partial charge on any atom is -0.468 e. The molecule has 1 fully saturated rings. The van der Waals surface area contributed by atoms with Gasteiger partial charge >= 0.3 is 5.97 Å². The molecule has 1 aromatic heterocycles. The molecule has 0 spiro atoms. The molecule has 0 N–H and O–H groups in total. The van der Waals surface area contributed by atoms with Crippen LogP contribution in [0.3, 0.4) is 0 Å². The number of ether oxygens (including phenoxy) is 1. The molecule has 1 aliphatic heterocycles. The molecule has 0 aliphatic carbocycles.